The number of carbonyl (C=O) groups is 1. The number of aromatic hydroxyl groups is 2. The summed E-state index contributed by atoms with van der Waals surface area (Å²) in [5.41, 5.74) is 1.41. The summed E-state index contributed by atoms with van der Waals surface area (Å²) < 4.78 is 3.11. The first-order valence-electron chi connectivity index (χ1n) is 11.5. The maximum absolute atomic E-state index is 13.7. The molecule has 8 heteroatoms. The number of para-hydroxylation sites is 2. The van der Waals surface area contributed by atoms with Gasteiger partial charge in [0.15, 0.2) is 22.9 Å². The van der Waals surface area contributed by atoms with Crippen LogP contribution in [0.25, 0.3) is 21.8 Å². The Hall–Kier alpha value is -4.07. The summed E-state index contributed by atoms with van der Waals surface area (Å²) in [7, 11) is 0. The lowest BCUT2D eigenvalue weighted by molar-refractivity contribution is -0.115. The molecule has 172 valence electrons. The third-order valence-corrected chi connectivity index (χ3v) is 7.05. The van der Waals surface area contributed by atoms with Gasteiger partial charge in [0.05, 0.1) is 11.0 Å². The van der Waals surface area contributed by atoms with Gasteiger partial charge in [0.25, 0.3) is 11.1 Å². The van der Waals surface area contributed by atoms with Crippen LogP contribution < -0.4 is 16.0 Å². The van der Waals surface area contributed by atoms with E-state index in [2.05, 4.69) is 0 Å². The van der Waals surface area contributed by atoms with E-state index in [-0.39, 0.29) is 22.9 Å². The lowest BCUT2D eigenvalue weighted by atomic mass is 9.99. The average molecular weight is 457 g/mol. The molecule has 0 aliphatic carbocycles. The molecule has 2 aromatic carbocycles. The molecule has 2 N–H and O–H groups in total. The molecule has 2 aromatic heterocycles. The highest BCUT2D eigenvalue weighted by Crippen LogP contribution is 2.42. The highest BCUT2D eigenvalue weighted by atomic mass is 16.3. The van der Waals surface area contributed by atoms with Crippen LogP contribution in [0, 0.1) is 0 Å². The zero-order valence-corrected chi connectivity index (χ0v) is 18.7. The Kier molecular flexibility index (Phi) is 4.36. The summed E-state index contributed by atoms with van der Waals surface area (Å²) in [4.78, 5) is 41.2. The minimum Gasteiger partial charge on any atom is -0.505 e. The summed E-state index contributed by atoms with van der Waals surface area (Å²) in [5.74, 6) is -1.40. The average Bonchev–Trinajstić information content (AvgIpc) is 2.84. The largest absolute Gasteiger partial charge is 0.505 e. The molecule has 4 heterocycles. The van der Waals surface area contributed by atoms with Gasteiger partial charge in [-0.05, 0) is 48.9 Å². The maximum Gasteiger partial charge on any atom is 0.279 e. The highest BCUT2D eigenvalue weighted by molar-refractivity contribution is 6.07. The monoisotopic (exact) mass is 457 g/mol. The number of aryl methyl sites for hydroxylation is 4. The van der Waals surface area contributed by atoms with Crippen LogP contribution in [0.4, 0.5) is 11.4 Å². The molecular formula is C26H23N3O5. The first-order chi connectivity index (χ1) is 16.4. The number of benzene rings is 2. The van der Waals surface area contributed by atoms with Crippen molar-refractivity contribution < 1.29 is 15.0 Å². The molecule has 0 unspecified atom stereocenters. The van der Waals surface area contributed by atoms with Crippen molar-refractivity contribution >= 4 is 39.1 Å². The van der Waals surface area contributed by atoms with Gasteiger partial charge in [-0.2, -0.15) is 0 Å². The summed E-state index contributed by atoms with van der Waals surface area (Å²) in [6.07, 6.45) is 3.05. The van der Waals surface area contributed by atoms with E-state index >= 15 is 0 Å². The van der Waals surface area contributed by atoms with Crippen molar-refractivity contribution in [1.82, 2.24) is 9.13 Å². The second kappa shape index (κ2) is 7.21. The molecule has 6 rings (SSSR count). The number of rotatable bonds is 2. The standard InChI is InChI=1S/C26H23N3O5/c1-14(30)29(21-23(31)17-10-2-6-15-8-4-12-27(19(15)17)25(21)33)22-24(32)18-11-3-7-16-9-5-13-28(20(16)18)26(22)34/h2-3,6-7,10-11,31-32H,4-5,8-9,12-13H2,1H3. The van der Waals surface area contributed by atoms with Crippen molar-refractivity contribution in [3.63, 3.8) is 0 Å². The highest BCUT2D eigenvalue weighted by Gasteiger charge is 2.33. The smallest absolute Gasteiger partial charge is 0.279 e. The van der Waals surface area contributed by atoms with Gasteiger partial charge < -0.3 is 19.3 Å². The second-order valence-corrected chi connectivity index (χ2v) is 9.00. The van der Waals surface area contributed by atoms with Gasteiger partial charge in [-0.3, -0.25) is 19.3 Å². The third-order valence-electron chi connectivity index (χ3n) is 7.05. The van der Waals surface area contributed by atoms with Crippen molar-refractivity contribution in [1.29, 1.82) is 0 Å². The van der Waals surface area contributed by atoms with E-state index in [4.69, 9.17) is 0 Å². The van der Waals surface area contributed by atoms with Gasteiger partial charge in [0.2, 0.25) is 5.91 Å². The molecular weight excluding hydrogens is 434 g/mol. The van der Waals surface area contributed by atoms with Gasteiger partial charge in [0, 0.05) is 30.8 Å². The Balaban J connectivity index is 1.74. The summed E-state index contributed by atoms with van der Waals surface area (Å²) in [6.45, 7) is 2.08. The van der Waals surface area contributed by atoms with Crippen LogP contribution in [0.3, 0.4) is 0 Å². The van der Waals surface area contributed by atoms with E-state index in [1.54, 1.807) is 33.4 Å². The molecule has 0 atom stereocenters. The predicted molar refractivity (Wildman–Crippen MR) is 129 cm³/mol. The SMILES string of the molecule is CC(=O)N(c1c(O)c2cccc3c2n(c1=O)CCC3)c1c(O)c2cccc3c2n(c1=O)CCC3. The van der Waals surface area contributed by atoms with E-state index in [9.17, 15) is 24.6 Å². The number of carbonyl (C=O) groups excluding carboxylic acids is 1. The van der Waals surface area contributed by atoms with E-state index in [0.29, 0.717) is 34.9 Å². The van der Waals surface area contributed by atoms with Crippen LogP contribution in [-0.2, 0) is 30.7 Å². The summed E-state index contributed by atoms with van der Waals surface area (Å²) in [6, 6.07) is 10.8. The fourth-order valence-corrected chi connectivity index (χ4v) is 5.63. The first kappa shape index (κ1) is 20.5. The van der Waals surface area contributed by atoms with E-state index in [1.807, 2.05) is 12.1 Å². The number of nitrogens with zero attached hydrogens (tertiary/aromatic N) is 3. The van der Waals surface area contributed by atoms with Crippen LogP contribution >= 0.6 is 0 Å². The zero-order valence-electron chi connectivity index (χ0n) is 18.7. The molecule has 0 saturated carbocycles. The molecule has 2 aliphatic rings. The Labute approximate surface area is 193 Å². The van der Waals surface area contributed by atoms with Crippen LogP contribution in [0.5, 0.6) is 11.5 Å². The normalized spacial score (nSPS) is 14.5. The zero-order chi connectivity index (χ0) is 23.7. The Bertz CT molecular complexity index is 1550. The molecule has 4 aromatic rings. The Morgan fingerprint density at radius 1 is 0.794 bits per heavy atom. The third kappa shape index (κ3) is 2.62. The lowest BCUT2D eigenvalue weighted by Crippen LogP contribution is -2.38. The summed E-state index contributed by atoms with van der Waals surface area (Å²) >= 11 is 0. The van der Waals surface area contributed by atoms with Gasteiger partial charge >= 0.3 is 0 Å². The molecule has 0 radical (unpaired) electrons. The Morgan fingerprint density at radius 2 is 1.24 bits per heavy atom. The van der Waals surface area contributed by atoms with Crippen molar-refractivity contribution in [3.05, 3.63) is 68.2 Å². The van der Waals surface area contributed by atoms with Crippen LogP contribution in [0.15, 0.2) is 46.0 Å². The van der Waals surface area contributed by atoms with Gasteiger partial charge in [-0.25, -0.2) is 0 Å². The maximum atomic E-state index is 13.7. The van der Waals surface area contributed by atoms with Gasteiger partial charge in [0.1, 0.15) is 0 Å². The quantitative estimate of drug-likeness (QED) is 0.481. The first-order valence-corrected chi connectivity index (χ1v) is 11.5. The molecule has 34 heavy (non-hydrogen) atoms. The fourth-order valence-electron chi connectivity index (χ4n) is 5.63. The summed E-state index contributed by atoms with van der Waals surface area (Å²) in [5, 5.41) is 23.4. The van der Waals surface area contributed by atoms with Gasteiger partial charge in [-0.15, -0.1) is 0 Å². The Morgan fingerprint density at radius 3 is 1.65 bits per heavy atom. The van der Waals surface area contributed by atoms with E-state index < -0.39 is 17.0 Å². The molecule has 2 aliphatic heterocycles. The van der Waals surface area contributed by atoms with Crippen molar-refractivity contribution in [2.24, 2.45) is 0 Å². The number of hydrogen-bond acceptors (Lipinski definition) is 5. The molecule has 1 amide bonds. The predicted octanol–water partition coefficient (Wildman–Crippen LogP) is 3.30. The fraction of sp³-hybridized carbons (Fsp3) is 0.269. The number of hydrogen-bond donors (Lipinski definition) is 2. The molecule has 0 fully saturated rings. The number of aromatic nitrogens is 2. The minimum atomic E-state index is -0.655. The number of pyridine rings is 2. The molecule has 0 bridgehead atoms. The number of anilines is 2. The van der Waals surface area contributed by atoms with E-state index in [0.717, 1.165) is 41.7 Å². The van der Waals surface area contributed by atoms with E-state index in [1.165, 1.54) is 6.92 Å². The topological polar surface area (TPSA) is 105 Å². The van der Waals surface area contributed by atoms with Gasteiger partial charge in [-0.1, -0.05) is 24.3 Å². The van der Waals surface area contributed by atoms with Crippen molar-refractivity contribution in [3.8, 4) is 11.5 Å². The van der Waals surface area contributed by atoms with Crippen molar-refractivity contribution in [2.45, 2.75) is 45.7 Å². The molecule has 0 saturated heterocycles. The number of amides is 1. The van der Waals surface area contributed by atoms with Crippen molar-refractivity contribution in [2.75, 3.05) is 4.90 Å². The van der Waals surface area contributed by atoms with Crippen LogP contribution in [-0.4, -0.2) is 25.3 Å². The lowest BCUT2D eigenvalue weighted by Gasteiger charge is -2.28. The van der Waals surface area contributed by atoms with Crippen LogP contribution in [0.2, 0.25) is 0 Å². The van der Waals surface area contributed by atoms with Crippen LogP contribution in [0.1, 0.15) is 30.9 Å². The molecule has 0 spiro atoms. The molecule has 8 nitrogen and oxygen atoms in total. The minimum absolute atomic E-state index is 0.314. The second-order valence-electron chi connectivity index (χ2n) is 9.00.